The lowest BCUT2D eigenvalue weighted by atomic mass is 10.1. The number of nitrogens with one attached hydrogen (secondary N) is 1. The molecule has 0 fully saturated rings. The van der Waals surface area contributed by atoms with E-state index in [-0.39, 0.29) is 5.70 Å². The summed E-state index contributed by atoms with van der Waals surface area (Å²) in [5.41, 5.74) is 0.989. The van der Waals surface area contributed by atoms with Crippen molar-refractivity contribution in [1.29, 1.82) is 0 Å². The molecule has 1 amide bonds. The number of carbonyl (C=O) groups is 2. The second kappa shape index (κ2) is 7.86. The first-order valence-electron chi connectivity index (χ1n) is 9.00. The molecule has 0 aliphatic heterocycles. The number of aliphatic carboxylic acids is 1. The SMILES string of the molecule is O=C(O)C(=Cc1ccc(-c2ccc3ccccc3c2)o1)NC(=O)c1ccccc1. The lowest BCUT2D eigenvalue weighted by Crippen LogP contribution is -2.27. The molecule has 0 spiro atoms. The number of hydrogen-bond donors (Lipinski definition) is 2. The fraction of sp³-hybridized carbons (Fsp3) is 0. The number of rotatable bonds is 5. The Morgan fingerprint density at radius 1 is 0.828 bits per heavy atom. The van der Waals surface area contributed by atoms with Crippen molar-refractivity contribution in [3.05, 3.63) is 102 Å². The van der Waals surface area contributed by atoms with Crippen LogP contribution in [0.5, 0.6) is 0 Å². The second-order valence-electron chi connectivity index (χ2n) is 6.45. The van der Waals surface area contributed by atoms with Crippen molar-refractivity contribution in [2.24, 2.45) is 0 Å². The summed E-state index contributed by atoms with van der Waals surface area (Å²) in [7, 11) is 0. The third kappa shape index (κ3) is 4.09. The Hall–Kier alpha value is -4.12. The highest BCUT2D eigenvalue weighted by Gasteiger charge is 2.14. The van der Waals surface area contributed by atoms with Crippen LogP contribution in [-0.4, -0.2) is 17.0 Å². The van der Waals surface area contributed by atoms with E-state index >= 15 is 0 Å². The largest absolute Gasteiger partial charge is 0.477 e. The quantitative estimate of drug-likeness (QED) is 0.478. The Morgan fingerprint density at radius 3 is 2.31 bits per heavy atom. The Bertz CT molecular complexity index is 1220. The van der Waals surface area contributed by atoms with Crippen LogP contribution in [0.25, 0.3) is 28.2 Å². The molecule has 5 nitrogen and oxygen atoms in total. The van der Waals surface area contributed by atoms with Gasteiger partial charge in [0.25, 0.3) is 5.91 Å². The number of carbonyl (C=O) groups excluding carboxylic acids is 1. The van der Waals surface area contributed by atoms with Gasteiger partial charge >= 0.3 is 5.97 Å². The number of benzene rings is 3. The van der Waals surface area contributed by atoms with Crippen molar-refractivity contribution in [2.45, 2.75) is 0 Å². The predicted octanol–water partition coefficient (Wildman–Crippen LogP) is 4.96. The standard InChI is InChI=1S/C24H17NO4/c26-23(17-7-2-1-3-8-17)25-21(24(27)28)15-20-12-13-22(29-20)19-11-10-16-6-4-5-9-18(16)14-19/h1-15H,(H,25,26)(H,27,28). The van der Waals surface area contributed by atoms with E-state index in [2.05, 4.69) is 5.32 Å². The van der Waals surface area contributed by atoms with Crippen molar-refractivity contribution >= 4 is 28.7 Å². The molecule has 0 bridgehead atoms. The van der Waals surface area contributed by atoms with Crippen LogP contribution in [0.1, 0.15) is 16.1 Å². The van der Waals surface area contributed by atoms with Gasteiger partial charge in [0.1, 0.15) is 17.2 Å². The van der Waals surface area contributed by atoms with Crippen LogP contribution >= 0.6 is 0 Å². The van der Waals surface area contributed by atoms with E-state index in [9.17, 15) is 14.7 Å². The first kappa shape index (κ1) is 18.3. The molecule has 2 N–H and O–H groups in total. The van der Waals surface area contributed by atoms with Gasteiger partial charge in [0.15, 0.2) is 0 Å². The maximum Gasteiger partial charge on any atom is 0.352 e. The molecular formula is C24H17NO4. The highest BCUT2D eigenvalue weighted by atomic mass is 16.4. The van der Waals surface area contributed by atoms with Gasteiger partial charge in [-0.1, -0.05) is 54.6 Å². The van der Waals surface area contributed by atoms with Crippen LogP contribution in [-0.2, 0) is 4.79 Å². The molecule has 3 aromatic carbocycles. The molecule has 1 heterocycles. The van der Waals surface area contributed by atoms with E-state index in [1.807, 2.05) is 42.5 Å². The molecule has 1 aromatic heterocycles. The van der Waals surface area contributed by atoms with E-state index in [0.29, 0.717) is 17.1 Å². The van der Waals surface area contributed by atoms with Gasteiger partial charge in [0, 0.05) is 17.2 Å². The summed E-state index contributed by atoms with van der Waals surface area (Å²) in [4.78, 5) is 23.8. The van der Waals surface area contributed by atoms with Gasteiger partial charge in [-0.05, 0) is 41.1 Å². The molecule has 0 radical (unpaired) electrons. The fourth-order valence-corrected chi connectivity index (χ4v) is 3.01. The highest BCUT2D eigenvalue weighted by molar-refractivity contribution is 6.02. The van der Waals surface area contributed by atoms with Gasteiger partial charge in [-0.25, -0.2) is 4.79 Å². The van der Waals surface area contributed by atoms with E-state index in [1.165, 1.54) is 6.08 Å². The maximum atomic E-state index is 12.3. The maximum absolute atomic E-state index is 12.3. The lowest BCUT2D eigenvalue weighted by Gasteiger charge is -2.05. The van der Waals surface area contributed by atoms with Gasteiger partial charge in [-0.3, -0.25) is 4.79 Å². The summed E-state index contributed by atoms with van der Waals surface area (Å²) in [6.45, 7) is 0. The molecule has 0 atom stereocenters. The second-order valence-corrected chi connectivity index (χ2v) is 6.45. The topological polar surface area (TPSA) is 79.5 Å². The summed E-state index contributed by atoms with van der Waals surface area (Å²) in [6.07, 6.45) is 1.30. The predicted molar refractivity (Wildman–Crippen MR) is 111 cm³/mol. The number of carboxylic acids is 1. The number of fused-ring (bicyclic) bond motifs is 1. The van der Waals surface area contributed by atoms with E-state index in [1.54, 1.807) is 42.5 Å². The number of furan rings is 1. The average molecular weight is 383 g/mol. The average Bonchev–Trinajstić information content (AvgIpc) is 3.22. The van der Waals surface area contributed by atoms with Crippen LogP contribution in [0.3, 0.4) is 0 Å². The molecule has 4 rings (SSSR count). The van der Waals surface area contributed by atoms with Gasteiger partial charge in [0.05, 0.1) is 0 Å². The molecule has 0 aliphatic rings. The number of hydrogen-bond acceptors (Lipinski definition) is 3. The van der Waals surface area contributed by atoms with Crippen molar-refractivity contribution in [3.8, 4) is 11.3 Å². The Kier molecular flexibility index (Phi) is 4.95. The third-order valence-corrected chi connectivity index (χ3v) is 4.46. The van der Waals surface area contributed by atoms with Gasteiger partial charge in [0.2, 0.25) is 0 Å². The minimum atomic E-state index is -1.25. The fourth-order valence-electron chi connectivity index (χ4n) is 3.01. The van der Waals surface area contributed by atoms with Crippen molar-refractivity contribution in [3.63, 3.8) is 0 Å². The summed E-state index contributed by atoms with van der Waals surface area (Å²) >= 11 is 0. The zero-order chi connectivity index (χ0) is 20.2. The molecule has 142 valence electrons. The van der Waals surface area contributed by atoms with E-state index in [4.69, 9.17) is 4.42 Å². The van der Waals surface area contributed by atoms with Crippen molar-refractivity contribution in [2.75, 3.05) is 0 Å². The summed E-state index contributed by atoms with van der Waals surface area (Å²) in [5, 5.41) is 14.1. The van der Waals surface area contributed by atoms with Crippen molar-refractivity contribution < 1.29 is 19.1 Å². The molecular weight excluding hydrogens is 366 g/mol. The van der Waals surface area contributed by atoms with Crippen LogP contribution in [0, 0.1) is 0 Å². The van der Waals surface area contributed by atoms with Crippen LogP contribution < -0.4 is 5.32 Å². The molecule has 0 saturated carbocycles. The minimum Gasteiger partial charge on any atom is -0.477 e. The van der Waals surface area contributed by atoms with Gasteiger partial charge in [-0.15, -0.1) is 0 Å². The van der Waals surface area contributed by atoms with Crippen LogP contribution in [0.15, 0.2) is 95.0 Å². The smallest absolute Gasteiger partial charge is 0.352 e. The molecule has 29 heavy (non-hydrogen) atoms. The summed E-state index contributed by atoms with van der Waals surface area (Å²) in [5.74, 6) is -0.807. The molecule has 0 aliphatic carbocycles. The number of amides is 1. The Morgan fingerprint density at radius 2 is 1.55 bits per heavy atom. The Labute approximate surface area is 166 Å². The molecule has 0 saturated heterocycles. The third-order valence-electron chi connectivity index (χ3n) is 4.46. The first-order chi connectivity index (χ1) is 14.1. The molecule has 5 heteroatoms. The van der Waals surface area contributed by atoms with Gasteiger partial charge in [-0.2, -0.15) is 0 Å². The van der Waals surface area contributed by atoms with E-state index < -0.39 is 11.9 Å². The highest BCUT2D eigenvalue weighted by Crippen LogP contribution is 2.27. The van der Waals surface area contributed by atoms with Gasteiger partial charge < -0.3 is 14.8 Å². The lowest BCUT2D eigenvalue weighted by molar-refractivity contribution is -0.132. The first-order valence-corrected chi connectivity index (χ1v) is 9.00. The Balaban J connectivity index is 1.60. The monoisotopic (exact) mass is 383 g/mol. The van der Waals surface area contributed by atoms with Crippen molar-refractivity contribution in [1.82, 2.24) is 5.32 Å². The zero-order valence-electron chi connectivity index (χ0n) is 15.3. The van der Waals surface area contributed by atoms with Crippen LogP contribution in [0.4, 0.5) is 0 Å². The van der Waals surface area contributed by atoms with Crippen LogP contribution in [0.2, 0.25) is 0 Å². The molecule has 0 unspecified atom stereocenters. The summed E-state index contributed by atoms with van der Waals surface area (Å²) < 4.78 is 5.80. The zero-order valence-corrected chi connectivity index (χ0v) is 15.3. The van der Waals surface area contributed by atoms with E-state index in [0.717, 1.165) is 16.3 Å². The normalized spacial score (nSPS) is 11.4. The summed E-state index contributed by atoms with van der Waals surface area (Å²) in [6, 6.07) is 25.8. The molecule has 4 aromatic rings. The number of carboxylic acid groups (broad SMARTS) is 1. The minimum absolute atomic E-state index is 0.265.